The van der Waals surface area contributed by atoms with Gasteiger partial charge in [-0.05, 0) is 48.0 Å². The zero-order valence-electron chi connectivity index (χ0n) is 14.4. The Morgan fingerprint density at radius 1 is 1.00 bits per heavy atom. The molecule has 28 heavy (non-hydrogen) atoms. The quantitative estimate of drug-likeness (QED) is 0.288. The van der Waals surface area contributed by atoms with Gasteiger partial charge in [0.2, 0.25) is 0 Å². The Bertz CT molecular complexity index is 1240. The monoisotopic (exact) mass is 430 g/mol. The predicted molar refractivity (Wildman–Crippen MR) is 113 cm³/mol. The number of hydrogen-bond acceptors (Lipinski definition) is 3. The summed E-state index contributed by atoms with van der Waals surface area (Å²) in [6.07, 6.45) is 0. The number of aromatic nitrogens is 2. The lowest BCUT2D eigenvalue weighted by Crippen LogP contribution is -2.21. The maximum Gasteiger partial charge on any atom is 0.266 e. The number of thioether (sulfide) groups is 1. The highest BCUT2D eigenvalue weighted by molar-refractivity contribution is 7.98. The summed E-state index contributed by atoms with van der Waals surface area (Å²) in [6, 6.07) is 18.3. The predicted octanol–water partition coefficient (Wildman–Crippen LogP) is 6.12. The molecule has 0 bridgehead atoms. The Balaban J connectivity index is 1.84. The first-order valence-electron chi connectivity index (χ1n) is 8.37. The number of fused-ring (bicyclic) bond motifs is 1. The zero-order chi connectivity index (χ0) is 19.7. The lowest BCUT2D eigenvalue weighted by molar-refractivity contribution is 0.625. The van der Waals surface area contributed by atoms with Crippen LogP contribution < -0.4 is 5.56 Å². The van der Waals surface area contributed by atoms with Crippen molar-refractivity contribution in [2.45, 2.75) is 10.9 Å². The molecule has 3 nitrogen and oxygen atoms in total. The van der Waals surface area contributed by atoms with Crippen LogP contribution in [0.2, 0.25) is 10.0 Å². The Morgan fingerprint density at radius 2 is 1.82 bits per heavy atom. The minimum atomic E-state index is -0.422. The summed E-state index contributed by atoms with van der Waals surface area (Å²) in [6.45, 7) is 0. The Morgan fingerprint density at radius 3 is 2.61 bits per heavy atom. The fourth-order valence-electron chi connectivity index (χ4n) is 2.83. The molecule has 0 N–H and O–H groups in total. The number of halogens is 3. The van der Waals surface area contributed by atoms with E-state index in [0.717, 1.165) is 5.56 Å². The standard InChI is InChI=1S/C21H13Cl2FN2OS/c22-14-9-8-13(18(23)10-14)12-28-21-25-19-7-2-1-6-17(19)20(27)26(21)16-5-3-4-15(24)11-16/h1-11H,12H2. The first-order chi connectivity index (χ1) is 13.5. The first-order valence-corrected chi connectivity index (χ1v) is 10.1. The second kappa shape index (κ2) is 7.95. The van der Waals surface area contributed by atoms with Crippen molar-refractivity contribution in [1.82, 2.24) is 9.55 Å². The van der Waals surface area contributed by atoms with E-state index in [-0.39, 0.29) is 5.56 Å². The number of hydrogen-bond donors (Lipinski definition) is 0. The van der Waals surface area contributed by atoms with Crippen molar-refractivity contribution in [1.29, 1.82) is 0 Å². The molecule has 0 aliphatic rings. The normalized spacial score (nSPS) is 11.1. The lowest BCUT2D eigenvalue weighted by atomic mass is 10.2. The lowest BCUT2D eigenvalue weighted by Gasteiger charge is -2.13. The van der Waals surface area contributed by atoms with E-state index < -0.39 is 5.82 Å². The minimum absolute atomic E-state index is 0.249. The van der Waals surface area contributed by atoms with Crippen molar-refractivity contribution in [3.05, 3.63) is 98.5 Å². The molecule has 0 radical (unpaired) electrons. The van der Waals surface area contributed by atoms with E-state index in [1.807, 2.05) is 12.1 Å². The molecule has 0 aliphatic heterocycles. The smallest absolute Gasteiger partial charge is 0.266 e. The summed E-state index contributed by atoms with van der Waals surface area (Å²) in [5.41, 5.74) is 1.63. The van der Waals surface area contributed by atoms with Gasteiger partial charge >= 0.3 is 0 Å². The van der Waals surface area contributed by atoms with Crippen LogP contribution in [0.4, 0.5) is 4.39 Å². The zero-order valence-corrected chi connectivity index (χ0v) is 16.7. The fraction of sp³-hybridized carbons (Fsp3) is 0.0476. The molecular weight excluding hydrogens is 418 g/mol. The van der Waals surface area contributed by atoms with Gasteiger partial charge in [0.15, 0.2) is 5.16 Å². The van der Waals surface area contributed by atoms with Crippen LogP contribution in [0.25, 0.3) is 16.6 Å². The van der Waals surface area contributed by atoms with Gasteiger partial charge in [0.25, 0.3) is 5.56 Å². The summed E-state index contributed by atoms with van der Waals surface area (Å²) in [7, 11) is 0. The molecule has 3 aromatic carbocycles. The minimum Gasteiger partial charge on any atom is -0.268 e. The topological polar surface area (TPSA) is 34.9 Å². The molecule has 140 valence electrons. The summed E-state index contributed by atoms with van der Waals surface area (Å²) >= 11 is 13.6. The summed E-state index contributed by atoms with van der Waals surface area (Å²) in [4.78, 5) is 17.8. The number of para-hydroxylation sites is 1. The van der Waals surface area contributed by atoms with E-state index in [0.29, 0.717) is 37.5 Å². The summed E-state index contributed by atoms with van der Waals surface area (Å²) in [5, 5.41) is 2.03. The van der Waals surface area contributed by atoms with Crippen molar-refractivity contribution in [2.24, 2.45) is 0 Å². The van der Waals surface area contributed by atoms with Crippen molar-refractivity contribution in [2.75, 3.05) is 0 Å². The second-order valence-corrected chi connectivity index (χ2v) is 7.84. The highest BCUT2D eigenvalue weighted by Crippen LogP contribution is 2.29. The van der Waals surface area contributed by atoms with Gasteiger partial charge in [-0.2, -0.15) is 0 Å². The van der Waals surface area contributed by atoms with E-state index in [4.69, 9.17) is 23.2 Å². The fourth-order valence-corrected chi connectivity index (χ4v) is 4.40. The Labute approximate surface area is 174 Å². The number of nitrogens with zero attached hydrogens (tertiary/aromatic N) is 2. The van der Waals surface area contributed by atoms with E-state index in [1.165, 1.54) is 28.5 Å². The van der Waals surface area contributed by atoms with Crippen LogP contribution in [0.1, 0.15) is 5.56 Å². The molecule has 7 heteroatoms. The van der Waals surface area contributed by atoms with Crippen LogP contribution >= 0.6 is 35.0 Å². The molecule has 0 atom stereocenters. The van der Waals surface area contributed by atoms with Gasteiger partial charge in [-0.1, -0.05) is 59.2 Å². The van der Waals surface area contributed by atoms with E-state index >= 15 is 0 Å². The highest BCUT2D eigenvalue weighted by Gasteiger charge is 2.14. The largest absolute Gasteiger partial charge is 0.268 e. The Hall–Kier alpha value is -2.34. The van der Waals surface area contributed by atoms with Gasteiger partial charge < -0.3 is 0 Å². The molecule has 1 aromatic heterocycles. The molecule has 1 heterocycles. The van der Waals surface area contributed by atoms with Crippen LogP contribution in [-0.2, 0) is 5.75 Å². The molecular formula is C21H13Cl2FN2OS. The molecule has 4 rings (SSSR count). The van der Waals surface area contributed by atoms with Crippen LogP contribution in [-0.4, -0.2) is 9.55 Å². The van der Waals surface area contributed by atoms with E-state index in [1.54, 1.807) is 42.5 Å². The van der Waals surface area contributed by atoms with Crippen molar-refractivity contribution >= 4 is 45.9 Å². The van der Waals surface area contributed by atoms with Crippen LogP contribution in [0.15, 0.2) is 76.7 Å². The molecule has 0 fully saturated rings. The molecule has 0 unspecified atom stereocenters. The van der Waals surface area contributed by atoms with Crippen molar-refractivity contribution in [3.63, 3.8) is 0 Å². The summed E-state index contributed by atoms with van der Waals surface area (Å²) in [5.74, 6) is 0.0603. The molecule has 0 saturated carbocycles. The van der Waals surface area contributed by atoms with Crippen LogP contribution in [0, 0.1) is 5.82 Å². The maximum absolute atomic E-state index is 13.8. The van der Waals surface area contributed by atoms with Gasteiger partial charge in [0.05, 0.1) is 16.6 Å². The average Bonchev–Trinajstić information content (AvgIpc) is 2.67. The number of rotatable bonds is 4. The average molecular weight is 431 g/mol. The molecule has 0 amide bonds. The van der Waals surface area contributed by atoms with Gasteiger partial charge in [-0.15, -0.1) is 0 Å². The van der Waals surface area contributed by atoms with Gasteiger partial charge in [-0.25, -0.2) is 9.37 Å². The molecule has 4 aromatic rings. The van der Waals surface area contributed by atoms with Crippen molar-refractivity contribution < 1.29 is 4.39 Å². The first kappa shape index (κ1) is 19.0. The maximum atomic E-state index is 13.8. The Kier molecular flexibility index (Phi) is 5.40. The van der Waals surface area contributed by atoms with E-state index in [2.05, 4.69) is 4.98 Å². The van der Waals surface area contributed by atoms with E-state index in [9.17, 15) is 9.18 Å². The molecule has 0 aliphatic carbocycles. The number of benzene rings is 3. The third-order valence-corrected chi connectivity index (χ3v) is 5.76. The van der Waals surface area contributed by atoms with Gasteiger partial charge in [0, 0.05) is 15.8 Å². The third-order valence-electron chi connectivity index (χ3n) is 4.18. The SMILES string of the molecule is O=c1c2ccccc2nc(SCc2ccc(Cl)cc2Cl)n1-c1cccc(F)c1. The molecule has 0 saturated heterocycles. The van der Waals surface area contributed by atoms with Crippen LogP contribution in [0.3, 0.4) is 0 Å². The summed E-state index contributed by atoms with van der Waals surface area (Å²) < 4.78 is 15.2. The van der Waals surface area contributed by atoms with Crippen LogP contribution in [0.5, 0.6) is 0 Å². The van der Waals surface area contributed by atoms with Gasteiger partial charge in [-0.3, -0.25) is 9.36 Å². The van der Waals surface area contributed by atoms with Crippen molar-refractivity contribution in [3.8, 4) is 5.69 Å². The highest BCUT2D eigenvalue weighted by atomic mass is 35.5. The third kappa shape index (κ3) is 3.78. The second-order valence-electron chi connectivity index (χ2n) is 6.06. The van der Waals surface area contributed by atoms with Gasteiger partial charge in [0.1, 0.15) is 5.82 Å². The molecule has 0 spiro atoms.